The van der Waals surface area contributed by atoms with Crippen molar-refractivity contribution in [2.45, 2.75) is 19.7 Å². The molecule has 114 valence electrons. The number of hydrogen-bond donors (Lipinski definition) is 1. The van der Waals surface area contributed by atoms with Crippen LogP contribution in [0, 0.1) is 0 Å². The zero-order chi connectivity index (χ0) is 15.2. The van der Waals surface area contributed by atoms with Gasteiger partial charge in [-0.1, -0.05) is 6.92 Å². The SMILES string of the molecule is CCS(=O)(=O)CCCNc1ccc(OC(F)(F)F)cc1. The Morgan fingerprint density at radius 2 is 1.80 bits per heavy atom. The standard InChI is InChI=1S/C12H16F3NO3S/c1-2-20(17,18)9-3-8-16-10-4-6-11(7-5-10)19-12(13,14)15/h4-7,16H,2-3,8-9H2,1H3. The van der Waals surface area contributed by atoms with Gasteiger partial charge in [-0.2, -0.15) is 0 Å². The highest BCUT2D eigenvalue weighted by Gasteiger charge is 2.30. The monoisotopic (exact) mass is 311 g/mol. The predicted molar refractivity (Wildman–Crippen MR) is 70.6 cm³/mol. The minimum absolute atomic E-state index is 0.0891. The molecule has 8 heteroatoms. The first kappa shape index (κ1) is 16.6. The molecular weight excluding hydrogens is 295 g/mol. The largest absolute Gasteiger partial charge is 0.573 e. The average molecular weight is 311 g/mol. The van der Waals surface area contributed by atoms with E-state index in [1.165, 1.54) is 24.3 Å². The van der Waals surface area contributed by atoms with Gasteiger partial charge in [-0.05, 0) is 30.7 Å². The molecule has 0 unspecified atom stereocenters. The lowest BCUT2D eigenvalue weighted by Gasteiger charge is -2.10. The van der Waals surface area contributed by atoms with Crippen LogP contribution in [0.4, 0.5) is 18.9 Å². The molecule has 0 aromatic heterocycles. The van der Waals surface area contributed by atoms with Gasteiger partial charge in [0.25, 0.3) is 0 Å². The molecule has 20 heavy (non-hydrogen) atoms. The van der Waals surface area contributed by atoms with E-state index in [0.717, 1.165) is 0 Å². The van der Waals surface area contributed by atoms with Crippen LogP contribution in [0.25, 0.3) is 0 Å². The molecule has 0 atom stereocenters. The summed E-state index contributed by atoms with van der Waals surface area (Å²) >= 11 is 0. The summed E-state index contributed by atoms with van der Waals surface area (Å²) in [5.74, 6) is -0.0981. The van der Waals surface area contributed by atoms with Gasteiger partial charge in [0.05, 0.1) is 5.75 Å². The second-order valence-corrected chi connectivity index (χ2v) is 6.56. The number of alkyl halides is 3. The van der Waals surface area contributed by atoms with Gasteiger partial charge in [0, 0.05) is 18.0 Å². The highest BCUT2D eigenvalue weighted by atomic mass is 32.2. The van der Waals surface area contributed by atoms with E-state index in [0.29, 0.717) is 18.7 Å². The number of nitrogens with one attached hydrogen (secondary N) is 1. The molecule has 0 saturated carbocycles. The molecule has 0 heterocycles. The van der Waals surface area contributed by atoms with Gasteiger partial charge < -0.3 is 10.1 Å². The summed E-state index contributed by atoms with van der Waals surface area (Å²) in [5.41, 5.74) is 0.605. The summed E-state index contributed by atoms with van der Waals surface area (Å²) in [4.78, 5) is 0. The number of sulfone groups is 1. The van der Waals surface area contributed by atoms with Crippen LogP contribution in [0.2, 0.25) is 0 Å². The van der Waals surface area contributed by atoms with Crippen LogP contribution < -0.4 is 10.1 Å². The summed E-state index contributed by atoms with van der Waals surface area (Å²) < 4.78 is 62.0. The summed E-state index contributed by atoms with van der Waals surface area (Å²) in [7, 11) is -2.99. The normalized spacial score (nSPS) is 12.2. The summed E-state index contributed by atoms with van der Waals surface area (Å²) in [5, 5.41) is 2.93. The summed E-state index contributed by atoms with van der Waals surface area (Å²) in [6.07, 6.45) is -4.26. The molecule has 0 saturated heterocycles. The van der Waals surface area contributed by atoms with Crippen molar-refractivity contribution in [2.24, 2.45) is 0 Å². The van der Waals surface area contributed by atoms with E-state index in [4.69, 9.17) is 0 Å². The van der Waals surface area contributed by atoms with Crippen LogP contribution in [-0.4, -0.2) is 32.8 Å². The fraction of sp³-hybridized carbons (Fsp3) is 0.500. The van der Waals surface area contributed by atoms with E-state index in [9.17, 15) is 21.6 Å². The number of rotatable bonds is 7. The van der Waals surface area contributed by atoms with E-state index in [2.05, 4.69) is 10.1 Å². The Morgan fingerprint density at radius 1 is 1.20 bits per heavy atom. The fourth-order valence-corrected chi connectivity index (χ4v) is 2.32. The number of halogens is 3. The smallest absolute Gasteiger partial charge is 0.406 e. The third kappa shape index (κ3) is 6.65. The third-order valence-corrected chi connectivity index (χ3v) is 4.28. The van der Waals surface area contributed by atoms with Crippen molar-refractivity contribution in [1.29, 1.82) is 0 Å². The van der Waals surface area contributed by atoms with Crippen LogP contribution in [0.5, 0.6) is 5.75 Å². The summed E-state index contributed by atoms with van der Waals surface area (Å²) in [6, 6.07) is 5.27. The highest BCUT2D eigenvalue weighted by molar-refractivity contribution is 7.91. The van der Waals surface area contributed by atoms with E-state index in [1.54, 1.807) is 6.92 Å². The van der Waals surface area contributed by atoms with Gasteiger partial charge in [0.2, 0.25) is 0 Å². The maximum atomic E-state index is 11.9. The van der Waals surface area contributed by atoms with Crippen LogP contribution >= 0.6 is 0 Å². The molecule has 0 amide bonds. The van der Waals surface area contributed by atoms with Crippen LogP contribution in [0.15, 0.2) is 24.3 Å². The fourth-order valence-electron chi connectivity index (χ4n) is 1.44. The lowest BCUT2D eigenvalue weighted by molar-refractivity contribution is -0.274. The number of benzene rings is 1. The lowest BCUT2D eigenvalue weighted by atomic mass is 10.3. The lowest BCUT2D eigenvalue weighted by Crippen LogP contribution is -2.17. The molecule has 1 N–H and O–H groups in total. The predicted octanol–water partition coefficient (Wildman–Crippen LogP) is 2.82. The molecule has 0 radical (unpaired) electrons. The van der Waals surface area contributed by atoms with Crippen molar-refractivity contribution >= 4 is 15.5 Å². The van der Waals surface area contributed by atoms with Crippen LogP contribution in [0.1, 0.15) is 13.3 Å². The van der Waals surface area contributed by atoms with Crippen molar-refractivity contribution in [3.05, 3.63) is 24.3 Å². The molecule has 0 spiro atoms. The van der Waals surface area contributed by atoms with Gasteiger partial charge >= 0.3 is 6.36 Å². The molecular formula is C12H16F3NO3S. The minimum atomic E-state index is -4.70. The second kappa shape index (κ2) is 6.83. The van der Waals surface area contributed by atoms with Crippen molar-refractivity contribution < 1.29 is 26.3 Å². The van der Waals surface area contributed by atoms with Crippen LogP contribution in [0.3, 0.4) is 0 Å². The first-order chi connectivity index (χ1) is 9.22. The second-order valence-electron chi connectivity index (χ2n) is 4.09. The molecule has 0 aliphatic heterocycles. The maximum absolute atomic E-state index is 11.9. The molecule has 0 bridgehead atoms. The zero-order valence-corrected chi connectivity index (χ0v) is 11.7. The van der Waals surface area contributed by atoms with Gasteiger partial charge in [-0.3, -0.25) is 0 Å². The Balaban J connectivity index is 2.39. The summed E-state index contributed by atoms with van der Waals surface area (Å²) in [6.45, 7) is 2.01. The van der Waals surface area contributed by atoms with Gasteiger partial charge in [0.1, 0.15) is 15.6 Å². The van der Waals surface area contributed by atoms with Gasteiger partial charge in [-0.15, -0.1) is 13.2 Å². The molecule has 1 rings (SSSR count). The van der Waals surface area contributed by atoms with E-state index in [-0.39, 0.29) is 17.3 Å². The minimum Gasteiger partial charge on any atom is -0.406 e. The number of ether oxygens (including phenoxy) is 1. The Hall–Kier alpha value is -1.44. The molecule has 1 aromatic carbocycles. The van der Waals surface area contributed by atoms with Crippen molar-refractivity contribution in [1.82, 2.24) is 0 Å². The molecule has 1 aromatic rings. The first-order valence-corrected chi connectivity index (χ1v) is 7.84. The zero-order valence-electron chi connectivity index (χ0n) is 10.9. The average Bonchev–Trinajstić information content (AvgIpc) is 2.35. The van der Waals surface area contributed by atoms with Gasteiger partial charge in [0.15, 0.2) is 0 Å². The highest BCUT2D eigenvalue weighted by Crippen LogP contribution is 2.23. The van der Waals surface area contributed by atoms with Crippen molar-refractivity contribution in [3.63, 3.8) is 0 Å². The third-order valence-electron chi connectivity index (χ3n) is 2.49. The maximum Gasteiger partial charge on any atom is 0.573 e. The molecule has 4 nitrogen and oxygen atoms in total. The first-order valence-electron chi connectivity index (χ1n) is 6.02. The quantitative estimate of drug-likeness (QED) is 0.787. The molecule has 0 aliphatic rings. The van der Waals surface area contributed by atoms with E-state index >= 15 is 0 Å². The van der Waals surface area contributed by atoms with Gasteiger partial charge in [-0.25, -0.2) is 8.42 Å². The molecule has 0 fully saturated rings. The molecule has 0 aliphatic carbocycles. The van der Waals surface area contributed by atoms with E-state index < -0.39 is 16.2 Å². The Labute approximate surface area is 115 Å². The van der Waals surface area contributed by atoms with Crippen LogP contribution in [-0.2, 0) is 9.84 Å². The van der Waals surface area contributed by atoms with E-state index in [1.807, 2.05) is 0 Å². The van der Waals surface area contributed by atoms with Crippen molar-refractivity contribution in [3.8, 4) is 5.75 Å². The Morgan fingerprint density at radius 3 is 2.30 bits per heavy atom. The topological polar surface area (TPSA) is 55.4 Å². The Bertz CT molecular complexity index is 512. The van der Waals surface area contributed by atoms with Crippen molar-refractivity contribution in [2.75, 3.05) is 23.4 Å². The number of anilines is 1. The Kier molecular flexibility index (Phi) is 5.67. The number of hydrogen-bond acceptors (Lipinski definition) is 4.